The summed E-state index contributed by atoms with van der Waals surface area (Å²) < 4.78 is 11.2. The number of thiazole rings is 1. The van der Waals surface area contributed by atoms with Crippen LogP contribution in [0.25, 0.3) is 10.4 Å². The SMILES string of the molecule is CC(C)(C)OC(=O)N1CCC(c2ncc(-c3cnc([N+](=O)[O-])c(OCc4ccncc4)c3)s2)CC1. The van der Waals surface area contributed by atoms with Crippen molar-refractivity contribution >= 4 is 23.2 Å². The van der Waals surface area contributed by atoms with Gasteiger partial charge in [0.05, 0.1) is 9.88 Å². The smallest absolute Gasteiger partial charge is 0.410 e. The van der Waals surface area contributed by atoms with Gasteiger partial charge in [-0.2, -0.15) is 0 Å². The van der Waals surface area contributed by atoms with E-state index in [0.29, 0.717) is 18.7 Å². The summed E-state index contributed by atoms with van der Waals surface area (Å²) in [6, 6.07) is 5.20. The third kappa shape index (κ3) is 6.30. The van der Waals surface area contributed by atoms with Gasteiger partial charge in [-0.25, -0.2) is 9.78 Å². The van der Waals surface area contributed by atoms with Gasteiger partial charge in [-0.05, 0) is 61.2 Å². The second-order valence-electron chi connectivity index (χ2n) is 9.25. The zero-order valence-corrected chi connectivity index (χ0v) is 20.7. The number of nitro groups is 1. The molecule has 0 bridgehead atoms. The largest absolute Gasteiger partial charge is 0.481 e. The first-order chi connectivity index (χ1) is 16.7. The molecule has 4 heterocycles. The fourth-order valence-corrected chi connectivity index (χ4v) is 4.77. The Balaban J connectivity index is 1.44. The van der Waals surface area contributed by atoms with Crippen LogP contribution in [0, 0.1) is 10.1 Å². The Bertz CT molecular complexity index is 1190. The van der Waals surface area contributed by atoms with Crippen molar-refractivity contribution in [1.29, 1.82) is 0 Å². The molecule has 1 aliphatic rings. The van der Waals surface area contributed by atoms with Gasteiger partial charge in [-0.3, -0.25) is 4.98 Å². The van der Waals surface area contributed by atoms with Gasteiger partial charge in [0.15, 0.2) is 0 Å². The lowest BCUT2D eigenvalue weighted by molar-refractivity contribution is -0.390. The van der Waals surface area contributed by atoms with Crippen LogP contribution < -0.4 is 4.74 Å². The van der Waals surface area contributed by atoms with E-state index in [1.807, 2.05) is 20.8 Å². The van der Waals surface area contributed by atoms with Gasteiger partial charge in [0.1, 0.15) is 18.4 Å². The maximum Gasteiger partial charge on any atom is 0.410 e. The van der Waals surface area contributed by atoms with Crippen molar-refractivity contribution in [3.8, 4) is 16.2 Å². The summed E-state index contributed by atoms with van der Waals surface area (Å²) in [5.41, 5.74) is 1.03. The molecule has 0 atom stereocenters. The molecule has 3 aromatic heterocycles. The summed E-state index contributed by atoms with van der Waals surface area (Å²) in [6.07, 6.45) is 7.81. The van der Waals surface area contributed by atoms with Gasteiger partial charge >= 0.3 is 11.9 Å². The van der Waals surface area contributed by atoms with Crippen molar-refractivity contribution in [2.24, 2.45) is 0 Å². The zero-order valence-electron chi connectivity index (χ0n) is 19.8. The van der Waals surface area contributed by atoms with Gasteiger partial charge in [0.2, 0.25) is 5.75 Å². The summed E-state index contributed by atoms with van der Waals surface area (Å²) in [4.78, 5) is 38.4. The van der Waals surface area contributed by atoms with Crippen LogP contribution in [0.4, 0.5) is 10.6 Å². The molecule has 0 radical (unpaired) electrons. The quantitative estimate of drug-likeness (QED) is 0.336. The molecule has 1 aliphatic heterocycles. The molecule has 1 amide bonds. The number of nitrogens with zero attached hydrogens (tertiary/aromatic N) is 5. The maximum absolute atomic E-state index is 12.3. The van der Waals surface area contributed by atoms with Crippen LogP contribution in [0.2, 0.25) is 0 Å². The van der Waals surface area contributed by atoms with Crippen molar-refractivity contribution in [3.63, 3.8) is 0 Å². The number of hydrogen-bond donors (Lipinski definition) is 0. The lowest BCUT2D eigenvalue weighted by Gasteiger charge is -2.32. The van der Waals surface area contributed by atoms with Crippen LogP contribution in [-0.4, -0.2) is 49.6 Å². The number of ether oxygens (including phenoxy) is 2. The topological polar surface area (TPSA) is 121 Å². The number of pyridine rings is 2. The average molecular weight is 498 g/mol. The van der Waals surface area contributed by atoms with Gasteiger partial charge in [0, 0.05) is 49.2 Å². The second kappa shape index (κ2) is 10.3. The number of amides is 1. The minimum absolute atomic E-state index is 0.102. The summed E-state index contributed by atoms with van der Waals surface area (Å²) in [5, 5.41) is 12.4. The minimum Gasteiger partial charge on any atom is -0.481 e. The minimum atomic E-state index is -0.553. The van der Waals surface area contributed by atoms with Gasteiger partial charge in [0.25, 0.3) is 0 Å². The Labute approximate surface area is 207 Å². The number of likely N-dealkylation sites (tertiary alicyclic amines) is 1. The fourth-order valence-electron chi connectivity index (χ4n) is 3.70. The molecule has 0 aromatic carbocycles. The van der Waals surface area contributed by atoms with Crippen molar-refractivity contribution < 1.29 is 19.2 Å². The van der Waals surface area contributed by atoms with Crippen LogP contribution in [0.1, 0.15) is 50.1 Å². The van der Waals surface area contributed by atoms with E-state index < -0.39 is 10.5 Å². The Morgan fingerprint density at radius 1 is 1.20 bits per heavy atom. The van der Waals surface area contributed by atoms with E-state index in [2.05, 4.69) is 15.0 Å². The number of aromatic nitrogens is 3. The van der Waals surface area contributed by atoms with E-state index in [-0.39, 0.29) is 30.2 Å². The second-order valence-corrected chi connectivity index (χ2v) is 10.3. The molecule has 0 spiro atoms. The van der Waals surface area contributed by atoms with Crippen LogP contribution in [0.3, 0.4) is 0 Å². The molecule has 0 unspecified atom stereocenters. The number of hydrogen-bond acceptors (Lipinski definition) is 9. The van der Waals surface area contributed by atoms with Gasteiger partial charge < -0.3 is 24.5 Å². The van der Waals surface area contributed by atoms with Crippen molar-refractivity contribution in [2.45, 2.75) is 51.7 Å². The number of rotatable bonds is 6. The molecule has 4 rings (SSSR count). The molecule has 0 aliphatic carbocycles. The Morgan fingerprint density at radius 2 is 1.91 bits per heavy atom. The third-order valence-electron chi connectivity index (χ3n) is 5.45. The van der Waals surface area contributed by atoms with E-state index in [1.165, 1.54) is 17.5 Å². The molecule has 1 saturated heterocycles. The standard InChI is InChI=1S/C24H27N5O5S/c1-24(2,3)34-23(30)28-10-6-17(7-11-28)22-27-14-20(35-22)18-12-19(21(26-13-18)29(31)32)33-15-16-4-8-25-9-5-16/h4-5,8-9,12-14,17H,6-7,10-11,15H2,1-3H3. The van der Waals surface area contributed by atoms with Gasteiger partial charge in [-0.1, -0.05) is 0 Å². The number of carbonyl (C=O) groups excluding carboxylic acids is 1. The number of piperidine rings is 1. The van der Waals surface area contributed by atoms with E-state index in [1.54, 1.807) is 41.7 Å². The Hall–Kier alpha value is -3.60. The summed E-state index contributed by atoms with van der Waals surface area (Å²) in [5.74, 6) is 0.00726. The monoisotopic (exact) mass is 497 g/mol. The predicted octanol–water partition coefficient (Wildman–Crippen LogP) is 5.20. The van der Waals surface area contributed by atoms with E-state index in [0.717, 1.165) is 28.3 Å². The van der Waals surface area contributed by atoms with E-state index >= 15 is 0 Å². The first-order valence-corrected chi connectivity index (χ1v) is 12.1. The molecular formula is C24H27N5O5S. The molecule has 10 nitrogen and oxygen atoms in total. The molecule has 35 heavy (non-hydrogen) atoms. The summed E-state index contributed by atoms with van der Waals surface area (Å²) in [7, 11) is 0. The zero-order chi connectivity index (χ0) is 25.0. The average Bonchev–Trinajstić information content (AvgIpc) is 3.32. The highest BCUT2D eigenvalue weighted by molar-refractivity contribution is 7.15. The highest BCUT2D eigenvalue weighted by Gasteiger charge is 2.29. The summed E-state index contributed by atoms with van der Waals surface area (Å²) >= 11 is 1.53. The molecule has 1 fully saturated rings. The lowest BCUT2D eigenvalue weighted by atomic mass is 9.98. The molecule has 0 N–H and O–H groups in total. The predicted molar refractivity (Wildman–Crippen MR) is 130 cm³/mol. The first kappa shape index (κ1) is 24.5. The van der Waals surface area contributed by atoms with Crippen LogP contribution in [0.5, 0.6) is 5.75 Å². The van der Waals surface area contributed by atoms with Gasteiger partial charge in [-0.15, -0.1) is 11.3 Å². The normalized spacial score (nSPS) is 14.5. The highest BCUT2D eigenvalue weighted by atomic mass is 32.1. The number of carbonyl (C=O) groups is 1. The highest BCUT2D eigenvalue weighted by Crippen LogP contribution is 2.37. The van der Waals surface area contributed by atoms with E-state index in [9.17, 15) is 14.9 Å². The third-order valence-corrected chi connectivity index (χ3v) is 6.66. The van der Waals surface area contributed by atoms with Crippen molar-refractivity contribution in [1.82, 2.24) is 19.9 Å². The van der Waals surface area contributed by atoms with Crippen molar-refractivity contribution in [2.75, 3.05) is 13.1 Å². The molecule has 184 valence electrons. The molecule has 11 heteroatoms. The van der Waals surface area contributed by atoms with Crippen LogP contribution in [-0.2, 0) is 11.3 Å². The molecule has 3 aromatic rings. The molecular weight excluding hydrogens is 470 g/mol. The summed E-state index contributed by atoms with van der Waals surface area (Å²) in [6.45, 7) is 6.96. The van der Waals surface area contributed by atoms with Crippen molar-refractivity contribution in [3.05, 3.63) is 63.7 Å². The lowest BCUT2D eigenvalue weighted by Crippen LogP contribution is -2.41. The maximum atomic E-state index is 12.3. The van der Waals surface area contributed by atoms with Crippen LogP contribution in [0.15, 0.2) is 43.0 Å². The van der Waals surface area contributed by atoms with E-state index in [4.69, 9.17) is 9.47 Å². The Kier molecular flexibility index (Phi) is 7.25. The molecule has 0 saturated carbocycles. The van der Waals surface area contributed by atoms with Crippen LogP contribution >= 0.6 is 11.3 Å². The Morgan fingerprint density at radius 3 is 2.57 bits per heavy atom. The fraction of sp³-hybridized carbons (Fsp3) is 0.417. The first-order valence-electron chi connectivity index (χ1n) is 11.3.